The Kier molecular flexibility index (Phi) is 6.01. The summed E-state index contributed by atoms with van der Waals surface area (Å²) in [6.07, 6.45) is 11.1. The predicted molar refractivity (Wildman–Crippen MR) is 143 cm³/mol. The quantitative estimate of drug-likeness (QED) is 0.489. The van der Waals surface area contributed by atoms with Crippen molar-refractivity contribution in [2.24, 2.45) is 0 Å². The second-order valence-corrected chi connectivity index (χ2v) is 11.9. The van der Waals surface area contributed by atoms with Gasteiger partial charge in [0.25, 0.3) is 0 Å². The summed E-state index contributed by atoms with van der Waals surface area (Å²) in [6, 6.07) is 13.0. The van der Waals surface area contributed by atoms with Gasteiger partial charge >= 0.3 is 0 Å². The molecule has 184 valence electrons. The molecule has 0 spiro atoms. The third-order valence-electron chi connectivity index (χ3n) is 8.59. The highest BCUT2D eigenvalue weighted by Crippen LogP contribution is 2.47. The molecule has 35 heavy (non-hydrogen) atoms. The van der Waals surface area contributed by atoms with Crippen LogP contribution in [0.1, 0.15) is 49.8 Å². The standard InChI is InChI=1S/C28H35N5OS/c1-31(2)24(34)16-23-25(18-8-5-4-6-9-18)26-27(29-17-30-28(26)35-23)33-20-12-13-21(33)15-22(14-20)32(3)19-10-7-11-19/h4-6,8-9,17,19-22H,7,10-16H2,1-3H3. The molecule has 3 aliphatic rings. The molecule has 3 aromatic rings. The van der Waals surface area contributed by atoms with Crippen LogP contribution in [0.15, 0.2) is 36.7 Å². The first-order chi connectivity index (χ1) is 17.0. The molecule has 3 fully saturated rings. The molecule has 2 aromatic heterocycles. The van der Waals surface area contributed by atoms with Crippen LogP contribution < -0.4 is 4.90 Å². The Labute approximate surface area is 212 Å². The molecule has 2 saturated heterocycles. The summed E-state index contributed by atoms with van der Waals surface area (Å²) in [6.45, 7) is 0. The average Bonchev–Trinajstić information content (AvgIpc) is 3.31. The van der Waals surface area contributed by atoms with Crippen LogP contribution in [0, 0.1) is 0 Å². The van der Waals surface area contributed by atoms with Crippen molar-refractivity contribution in [1.29, 1.82) is 0 Å². The van der Waals surface area contributed by atoms with Crippen LogP contribution in [0.2, 0.25) is 0 Å². The lowest BCUT2D eigenvalue weighted by Gasteiger charge is -2.47. The lowest BCUT2D eigenvalue weighted by Crippen LogP contribution is -2.53. The van der Waals surface area contributed by atoms with Gasteiger partial charge in [-0.1, -0.05) is 36.8 Å². The first-order valence-corrected chi connectivity index (χ1v) is 13.8. The minimum atomic E-state index is 0.114. The van der Waals surface area contributed by atoms with Gasteiger partial charge in [-0.3, -0.25) is 4.79 Å². The molecule has 1 aliphatic carbocycles. The number of thiophene rings is 1. The molecule has 2 atom stereocenters. The molecule has 1 amide bonds. The lowest BCUT2D eigenvalue weighted by atomic mass is 9.87. The topological polar surface area (TPSA) is 52.6 Å². The zero-order chi connectivity index (χ0) is 24.1. The number of likely N-dealkylation sites (N-methyl/N-ethyl adjacent to an activating group) is 1. The van der Waals surface area contributed by atoms with E-state index < -0.39 is 0 Å². The van der Waals surface area contributed by atoms with Crippen molar-refractivity contribution in [3.63, 3.8) is 0 Å². The Morgan fingerprint density at radius 3 is 2.34 bits per heavy atom. The fraction of sp³-hybridized carbons (Fsp3) is 0.536. The molecular weight excluding hydrogens is 454 g/mol. The Morgan fingerprint density at radius 2 is 1.71 bits per heavy atom. The molecule has 1 aromatic carbocycles. The first-order valence-electron chi connectivity index (χ1n) is 13.0. The fourth-order valence-corrected chi connectivity index (χ4v) is 7.55. The van der Waals surface area contributed by atoms with Gasteiger partial charge in [-0.15, -0.1) is 11.3 Å². The second-order valence-electron chi connectivity index (χ2n) is 10.8. The summed E-state index contributed by atoms with van der Waals surface area (Å²) in [5.41, 5.74) is 2.29. The summed E-state index contributed by atoms with van der Waals surface area (Å²) in [4.78, 5) is 31.4. The van der Waals surface area contributed by atoms with Crippen molar-refractivity contribution in [1.82, 2.24) is 19.8 Å². The number of benzene rings is 1. The Morgan fingerprint density at radius 1 is 1.00 bits per heavy atom. The van der Waals surface area contributed by atoms with Gasteiger partial charge < -0.3 is 14.7 Å². The summed E-state index contributed by atoms with van der Waals surface area (Å²) in [7, 11) is 6.00. The van der Waals surface area contributed by atoms with Gasteiger partial charge in [0.2, 0.25) is 5.91 Å². The van der Waals surface area contributed by atoms with Crippen molar-refractivity contribution in [3.05, 3.63) is 41.5 Å². The van der Waals surface area contributed by atoms with E-state index in [9.17, 15) is 4.79 Å². The predicted octanol–water partition coefficient (Wildman–Crippen LogP) is 4.97. The number of carbonyl (C=O) groups excluding carboxylic acids is 1. The van der Waals surface area contributed by atoms with E-state index in [0.29, 0.717) is 24.5 Å². The Balaban J connectivity index is 1.41. The van der Waals surface area contributed by atoms with Gasteiger partial charge in [0.1, 0.15) is 17.0 Å². The maximum atomic E-state index is 12.7. The molecule has 0 N–H and O–H groups in total. The first kappa shape index (κ1) is 22.9. The number of hydrogen-bond donors (Lipinski definition) is 0. The SMILES string of the molecule is CN(C)C(=O)Cc1sc2ncnc(N3C4CCC3CC(N(C)C3CCC3)C4)c2c1-c1ccccc1. The molecule has 2 aliphatic heterocycles. The van der Waals surface area contributed by atoms with E-state index in [4.69, 9.17) is 9.97 Å². The maximum Gasteiger partial charge on any atom is 0.227 e. The average molecular weight is 490 g/mol. The van der Waals surface area contributed by atoms with E-state index >= 15 is 0 Å². The fourth-order valence-electron chi connectivity index (χ4n) is 6.41. The van der Waals surface area contributed by atoms with Crippen molar-refractivity contribution in [3.8, 4) is 11.1 Å². The number of anilines is 1. The zero-order valence-electron chi connectivity index (χ0n) is 21.0. The summed E-state index contributed by atoms with van der Waals surface area (Å²) < 4.78 is 0. The normalized spacial score (nSPS) is 24.2. The van der Waals surface area contributed by atoms with Gasteiger partial charge in [0.05, 0.1) is 11.8 Å². The number of rotatable bonds is 6. The van der Waals surface area contributed by atoms with Gasteiger partial charge in [-0.05, 0) is 51.1 Å². The van der Waals surface area contributed by atoms with Gasteiger partial charge in [-0.25, -0.2) is 9.97 Å². The van der Waals surface area contributed by atoms with E-state index in [0.717, 1.165) is 38.1 Å². The summed E-state index contributed by atoms with van der Waals surface area (Å²) in [5.74, 6) is 1.19. The molecule has 2 bridgehead atoms. The number of amides is 1. The molecule has 2 unspecified atom stereocenters. The second kappa shape index (κ2) is 9.17. The molecule has 1 saturated carbocycles. The number of aromatic nitrogens is 2. The smallest absolute Gasteiger partial charge is 0.227 e. The highest BCUT2D eigenvalue weighted by Gasteiger charge is 2.44. The molecular formula is C28H35N5OS. The molecule has 6 rings (SSSR count). The minimum absolute atomic E-state index is 0.114. The van der Waals surface area contributed by atoms with Crippen LogP contribution in [0.4, 0.5) is 5.82 Å². The van der Waals surface area contributed by atoms with Crippen LogP contribution in [0.3, 0.4) is 0 Å². The van der Waals surface area contributed by atoms with E-state index in [-0.39, 0.29) is 5.91 Å². The van der Waals surface area contributed by atoms with E-state index in [2.05, 4.69) is 41.1 Å². The highest BCUT2D eigenvalue weighted by atomic mass is 32.1. The number of carbonyl (C=O) groups is 1. The van der Waals surface area contributed by atoms with Gasteiger partial charge in [0, 0.05) is 48.7 Å². The summed E-state index contributed by atoms with van der Waals surface area (Å²) >= 11 is 1.65. The van der Waals surface area contributed by atoms with Crippen molar-refractivity contribution in [2.45, 2.75) is 75.5 Å². The third kappa shape index (κ3) is 4.02. The van der Waals surface area contributed by atoms with Crippen LogP contribution in [0.5, 0.6) is 0 Å². The lowest BCUT2D eigenvalue weighted by molar-refractivity contribution is -0.127. The van der Waals surface area contributed by atoms with Crippen LogP contribution >= 0.6 is 11.3 Å². The van der Waals surface area contributed by atoms with Gasteiger partial charge in [-0.2, -0.15) is 0 Å². The number of piperidine rings is 1. The Bertz CT molecular complexity index is 1210. The number of nitrogens with zero attached hydrogens (tertiary/aromatic N) is 5. The molecule has 7 heteroatoms. The molecule has 4 heterocycles. The molecule has 0 radical (unpaired) electrons. The number of hydrogen-bond acceptors (Lipinski definition) is 6. The minimum Gasteiger partial charge on any atom is -0.350 e. The van der Waals surface area contributed by atoms with Crippen LogP contribution in [-0.2, 0) is 11.2 Å². The van der Waals surface area contributed by atoms with E-state index in [1.54, 1.807) is 22.6 Å². The van der Waals surface area contributed by atoms with Crippen LogP contribution in [0.25, 0.3) is 21.3 Å². The van der Waals surface area contributed by atoms with Crippen LogP contribution in [-0.4, -0.2) is 71.0 Å². The highest BCUT2D eigenvalue weighted by molar-refractivity contribution is 7.19. The molecule has 6 nitrogen and oxygen atoms in total. The largest absolute Gasteiger partial charge is 0.350 e. The third-order valence-corrected chi connectivity index (χ3v) is 9.69. The number of fused-ring (bicyclic) bond motifs is 3. The van der Waals surface area contributed by atoms with Gasteiger partial charge in [0.15, 0.2) is 0 Å². The van der Waals surface area contributed by atoms with E-state index in [1.165, 1.54) is 44.9 Å². The van der Waals surface area contributed by atoms with Crippen molar-refractivity contribution >= 4 is 33.3 Å². The summed E-state index contributed by atoms with van der Waals surface area (Å²) in [5, 5.41) is 1.13. The zero-order valence-corrected chi connectivity index (χ0v) is 21.8. The monoisotopic (exact) mass is 489 g/mol. The van der Waals surface area contributed by atoms with Crippen molar-refractivity contribution < 1.29 is 4.79 Å². The van der Waals surface area contributed by atoms with E-state index in [1.807, 2.05) is 20.2 Å². The Hall–Kier alpha value is -2.51. The van der Waals surface area contributed by atoms with Crippen molar-refractivity contribution in [2.75, 3.05) is 26.0 Å². The maximum absolute atomic E-state index is 12.7.